The summed E-state index contributed by atoms with van der Waals surface area (Å²) in [5.41, 5.74) is 7.56. The van der Waals surface area contributed by atoms with Crippen LogP contribution < -0.4 is 0 Å². The van der Waals surface area contributed by atoms with Crippen molar-refractivity contribution in [3.05, 3.63) is 95.5 Å². The van der Waals surface area contributed by atoms with Crippen molar-refractivity contribution in [3.8, 4) is 22.7 Å². The molecule has 5 nitrogen and oxygen atoms in total. The van der Waals surface area contributed by atoms with Crippen LogP contribution in [0.25, 0.3) is 44.5 Å². The number of hydrogen-bond acceptors (Lipinski definition) is 5. The van der Waals surface area contributed by atoms with Crippen LogP contribution in [0.4, 0.5) is 0 Å². The van der Waals surface area contributed by atoms with Crippen LogP contribution in [0.1, 0.15) is 90.8 Å². The fourth-order valence-electron chi connectivity index (χ4n) is 6.60. The van der Waals surface area contributed by atoms with Crippen LogP contribution >= 0.6 is 0 Å². The molecule has 2 aromatic carbocycles. The minimum atomic E-state index is 0. The van der Waals surface area contributed by atoms with Crippen molar-refractivity contribution in [3.63, 3.8) is 0 Å². The SMILES string of the molecule is CC(C)(C)c1cc(-c2nccc3oc4c(c23)CCc2cccnc2-4)[c-]c2ccccc12.CCC(CC)C(=O)/C=C(\O)C(CC)CC.[Ir]. The molecule has 0 spiro atoms. The van der Waals surface area contributed by atoms with Crippen molar-refractivity contribution in [2.75, 3.05) is 0 Å². The summed E-state index contributed by atoms with van der Waals surface area (Å²) in [6.45, 7) is 14.8. The predicted molar refractivity (Wildman–Crippen MR) is 189 cm³/mol. The maximum atomic E-state index is 11.7. The molecule has 0 bridgehead atoms. The molecule has 1 aliphatic carbocycles. The van der Waals surface area contributed by atoms with Crippen molar-refractivity contribution in [1.82, 2.24) is 9.97 Å². The average Bonchev–Trinajstić information content (AvgIpc) is 3.45. The molecule has 0 aliphatic heterocycles. The van der Waals surface area contributed by atoms with Gasteiger partial charge in [-0.3, -0.25) is 14.8 Å². The number of aliphatic hydroxyl groups is 1. The van der Waals surface area contributed by atoms with Gasteiger partial charge in [-0.05, 0) is 61.6 Å². The van der Waals surface area contributed by atoms with Crippen LogP contribution in [0.15, 0.2) is 77.2 Å². The van der Waals surface area contributed by atoms with E-state index < -0.39 is 0 Å². The number of ketones is 1. The molecule has 249 valence electrons. The van der Waals surface area contributed by atoms with Gasteiger partial charge in [0.1, 0.15) is 11.3 Å². The number of benzene rings is 2. The Morgan fingerprint density at radius 1 is 0.915 bits per heavy atom. The van der Waals surface area contributed by atoms with E-state index in [2.05, 4.69) is 68.2 Å². The first kappa shape index (κ1) is 36.2. The second kappa shape index (κ2) is 15.5. The quantitative estimate of drug-likeness (QED) is 0.0960. The summed E-state index contributed by atoms with van der Waals surface area (Å²) < 4.78 is 6.35. The van der Waals surface area contributed by atoms with E-state index in [1.165, 1.54) is 28.2 Å². The molecule has 1 N–H and O–H groups in total. The number of allylic oxidation sites excluding steroid dienone is 2. The van der Waals surface area contributed by atoms with Crippen molar-refractivity contribution in [2.24, 2.45) is 11.8 Å². The monoisotopic (exact) mass is 808 g/mol. The van der Waals surface area contributed by atoms with E-state index in [0.717, 1.165) is 77.6 Å². The smallest absolute Gasteiger partial charge is 0.162 e. The van der Waals surface area contributed by atoms with Gasteiger partial charge < -0.3 is 9.52 Å². The van der Waals surface area contributed by atoms with Gasteiger partial charge in [0.05, 0.1) is 5.76 Å². The Bertz CT molecular complexity index is 1870. The molecule has 3 aromatic heterocycles. The van der Waals surface area contributed by atoms with Gasteiger partial charge in [0.15, 0.2) is 11.5 Å². The Labute approximate surface area is 293 Å². The maximum Gasteiger partial charge on any atom is 0.162 e. The molecular formula is C41H47IrN2O3-. The maximum absolute atomic E-state index is 11.7. The number of nitrogens with zero attached hydrogens (tertiary/aromatic N) is 2. The van der Waals surface area contributed by atoms with Crippen LogP contribution in [0.3, 0.4) is 0 Å². The first-order valence-electron chi connectivity index (χ1n) is 16.9. The number of aliphatic hydroxyl groups excluding tert-OH is 1. The summed E-state index contributed by atoms with van der Waals surface area (Å²) in [6.07, 6.45) is 10.5. The number of fused-ring (bicyclic) bond motifs is 6. The Morgan fingerprint density at radius 2 is 1.60 bits per heavy atom. The average molecular weight is 808 g/mol. The number of furan rings is 1. The van der Waals surface area contributed by atoms with E-state index in [1.54, 1.807) is 0 Å². The molecule has 0 amide bonds. The number of hydrogen-bond donors (Lipinski definition) is 1. The molecule has 3 heterocycles. The predicted octanol–water partition coefficient (Wildman–Crippen LogP) is 10.8. The summed E-state index contributed by atoms with van der Waals surface area (Å²) in [4.78, 5) is 21.2. The van der Waals surface area contributed by atoms with Gasteiger partial charge in [-0.25, -0.2) is 0 Å². The van der Waals surface area contributed by atoms with Crippen LogP contribution in [0, 0.1) is 17.9 Å². The van der Waals surface area contributed by atoms with Gasteiger partial charge in [-0.2, -0.15) is 0 Å². The third-order valence-electron chi connectivity index (χ3n) is 9.37. The molecule has 1 aliphatic rings. The fourth-order valence-corrected chi connectivity index (χ4v) is 6.60. The largest absolute Gasteiger partial charge is 0.512 e. The molecule has 6 rings (SSSR count). The summed E-state index contributed by atoms with van der Waals surface area (Å²) in [5.74, 6) is 1.44. The molecule has 47 heavy (non-hydrogen) atoms. The van der Waals surface area contributed by atoms with Crippen molar-refractivity contribution >= 4 is 27.5 Å². The van der Waals surface area contributed by atoms with Crippen LogP contribution in [0.5, 0.6) is 0 Å². The summed E-state index contributed by atoms with van der Waals surface area (Å²) in [7, 11) is 0. The van der Waals surface area contributed by atoms with Crippen molar-refractivity contribution in [2.45, 2.75) is 92.4 Å². The molecular weight excluding hydrogens is 761 g/mol. The van der Waals surface area contributed by atoms with Crippen molar-refractivity contribution < 1.29 is 34.4 Å². The topological polar surface area (TPSA) is 76.2 Å². The second-order valence-electron chi connectivity index (χ2n) is 13.3. The molecule has 0 saturated heterocycles. The minimum Gasteiger partial charge on any atom is -0.512 e. The standard InChI is InChI=1S/C28H23N2O.C13H24O2.Ir/c1-28(2,3)22-16-19(15-18-7-4-5-9-20(18)22)25-24-21-11-10-17-8-6-13-29-26(17)27(21)31-23(24)12-14-30-25;1-5-10(6-2)12(14)9-13(15)11(7-3)8-4;/h4-9,12-14,16H,10-11H2,1-3H3;9-11,14H,5-8H2,1-4H3;/q-1;;/b;12-9-;. The van der Waals surface area contributed by atoms with Crippen LogP contribution in [-0.4, -0.2) is 20.9 Å². The van der Waals surface area contributed by atoms with E-state index >= 15 is 0 Å². The van der Waals surface area contributed by atoms with Gasteiger partial charge in [0, 0.05) is 67.1 Å². The first-order chi connectivity index (χ1) is 22.1. The third kappa shape index (κ3) is 7.60. The second-order valence-corrected chi connectivity index (χ2v) is 13.3. The van der Waals surface area contributed by atoms with E-state index in [-0.39, 0.29) is 48.9 Å². The molecule has 0 fully saturated rings. The molecule has 6 heteroatoms. The molecule has 0 saturated carbocycles. The summed E-state index contributed by atoms with van der Waals surface area (Å²) >= 11 is 0. The Balaban J connectivity index is 0.000000269. The van der Waals surface area contributed by atoms with Gasteiger partial charge in [0.2, 0.25) is 0 Å². The van der Waals surface area contributed by atoms with Gasteiger partial charge in [-0.15, -0.1) is 29.1 Å². The molecule has 0 unspecified atom stereocenters. The zero-order valence-electron chi connectivity index (χ0n) is 28.7. The number of carbonyl (C=O) groups is 1. The number of carbonyl (C=O) groups excluding carboxylic acids is 1. The van der Waals surface area contributed by atoms with E-state index in [4.69, 9.17) is 9.40 Å². The van der Waals surface area contributed by atoms with Gasteiger partial charge >= 0.3 is 0 Å². The number of rotatable bonds is 8. The Kier molecular flexibility index (Phi) is 12.0. The van der Waals surface area contributed by atoms with Gasteiger partial charge in [-0.1, -0.05) is 83.7 Å². The third-order valence-corrected chi connectivity index (χ3v) is 9.37. The van der Waals surface area contributed by atoms with E-state index in [0.29, 0.717) is 0 Å². The molecule has 1 radical (unpaired) electrons. The Hall–Kier alpha value is -3.60. The number of pyridine rings is 2. The van der Waals surface area contributed by atoms with Crippen LogP contribution in [-0.2, 0) is 43.2 Å². The summed E-state index contributed by atoms with van der Waals surface area (Å²) in [6, 6.07) is 20.5. The molecule has 5 aromatic rings. The Morgan fingerprint density at radius 3 is 2.28 bits per heavy atom. The fraction of sp³-hybridized carbons (Fsp3) is 0.390. The normalized spacial score (nSPS) is 12.8. The first-order valence-corrected chi connectivity index (χ1v) is 16.9. The molecule has 0 atom stereocenters. The van der Waals surface area contributed by atoms with Crippen LogP contribution in [0.2, 0.25) is 0 Å². The summed E-state index contributed by atoms with van der Waals surface area (Å²) in [5, 5.41) is 13.2. The zero-order chi connectivity index (χ0) is 33.0. The number of aryl methyl sites for hydroxylation is 2. The zero-order valence-corrected chi connectivity index (χ0v) is 31.1. The van der Waals surface area contributed by atoms with Gasteiger partial charge in [0.25, 0.3) is 0 Å². The van der Waals surface area contributed by atoms with E-state index in [1.807, 2.05) is 52.2 Å². The van der Waals surface area contributed by atoms with Crippen molar-refractivity contribution in [1.29, 1.82) is 0 Å². The van der Waals surface area contributed by atoms with E-state index in [9.17, 15) is 9.90 Å². The number of aromatic nitrogens is 2. The minimum absolute atomic E-state index is 0.